The van der Waals surface area contributed by atoms with Crippen molar-refractivity contribution in [1.29, 1.82) is 0 Å². The molecule has 0 amide bonds. The minimum atomic E-state index is -0.281. The quantitative estimate of drug-likeness (QED) is 0.373. The summed E-state index contributed by atoms with van der Waals surface area (Å²) in [5.41, 5.74) is 4.41. The Bertz CT molecular complexity index is 1260. The highest BCUT2D eigenvalue weighted by Crippen LogP contribution is 2.33. The second-order valence-electron chi connectivity index (χ2n) is 6.47. The molecule has 4 heteroatoms. The van der Waals surface area contributed by atoms with Crippen LogP contribution in [0.4, 0.5) is 4.39 Å². The van der Waals surface area contributed by atoms with E-state index in [4.69, 9.17) is 9.40 Å². The van der Waals surface area contributed by atoms with Gasteiger partial charge in [0.25, 0.3) is 0 Å². The summed E-state index contributed by atoms with van der Waals surface area (Å²) in [5.74, 6) is 0.823. The van der Waals surface area contributed by atoms with Crippen LogP contribution < -0.4 is 0 Å². The molecule has 5 aromatic rings. The lowest BCUT2D eigenvalue weighted by atomic mass is 10.0. The third-order valence-corrected chi connectivity index (χ3v) is 4.65. The number of halogens is 1. The van der Waals surface area contributed by atoms with Crippen LogP contribution in [0.1, 0.15) is 0 Å². The molecule has 0 atom stereocenters. The van der Waals surface area contributed by atoms with Gasteiger partial charge in [0.15, 0.2) is 5.76 Å². The molecule has 28 heavy (non-hydrogen) atoms. The Hall–Kier alpha value is -3.79. The maximum atomic E-state index is 13.2. The third-order valence-electron chi connectivity index (χ3n) is 4.65. The van der Waals surface area contributed by atoms with Gasteiger partial charge in [-0.1, -0.05) is 48.5 Å². The lowest BCUT2D eigenvalue weighted by molar-refractivity contribution is 0.588. The lowest BCUT2D eigenvalue weighted by Crippen LogP contribution is -1.89. The van der Waals surface area contributed by atoms with E-state index in [0.29, 0.717) is 11.7 Å². The SMILES string of the molecule is Fc1ccc(-c2cnc(-c3cc(-c4ccccc4)nc4ccccc34)o2)cc1. The summed E-state index contributed by atoms with van der Waals surface area (Å²) in [5, 5.41) is 0.967. The van der Waals surface area contributed by atoms with Crippen LogP contribution >= 0.6 is 0 Å². The maximum Gasteiger partial charge on any atom is 0.227 e. The average molecular weight is 366 g/mol. The van der Waals surface area contributed by atoms with Gasteiger partial charge in [0.05, 0.1) is 17.4 Å². The van der Waals surface area contributed by atoms with Crippen LogP contribution in [0.3, 0.4) is 0 Å². The molecule has 0 radical (unpaired) electrons. The van der Waals surface area contributed by atoms with Crippen molar-refractivity contribution in [3.8, 4) is 34.0 Å². The van der Waals surface area contributed by atoms with Crippen molar-refractivity contribution in [3.05, 3.63) is 96.9 Å². The fraction of sp³-hybridized carbons (Fsp3) is 0. The molecule has 5 rings (SSSR count). The number of hydrogen-bond donors (Lipinski definition) is 0. The molecule has 3 nitrogen and oxygen atoms in total. The van der Waals surface area contributed by atoms with Crippen LogP contribution in [0.5, 0.6) is 0 Å². The Kier molecular flexibility index (Phi) is 3.95. The standard InChI is InChI=1S/C24H15FN2O/c25-18-12-10-17(11-13-18)23-15-26-24(28-23)20-14-22(16-6-2-1-3-7-16)27-21-9-5-4-8-19(20)21/h1-15H. The molecule has 0 saturated heterocycles. The van der Waals surface area contributed by atoms with E-state index in [1.807, 2.05) is 60.7 Å². The third kappa shape index (κ3) is 2.95. The van der Waals surface area contributed by atoms with Crippen LogP contribution in [-0.2, 0) is 0 Å². The van der Waals surface area contributed by atoms with Crippen LogP contribution in [0.25, 0.3) is 44.9 Å². The summed E-state index contributed by atoms with van der Waals surface area (Å²) >= 11 is 0. The molecular weight excluding hydrogens is 351 g/mol. The predicted octanol–water partition coefficient (Wildman–Crippen LogP) is 6.36. The van der Waals surface area contributed by atoms with Gasteiger partial charge in [-0.3, -0.25) is 0 Å². The highest BCUT2D eigenvalue weighted by atomic mass is 19.1. The van der Waals surface area contributed by atoms with Gasteiger partial charge in [-0.25, -0.2) is 14.4 Å². The first kappa shape index (κ1) is 16.4. The minimum absolute atomic E-state index is 0.281. The van der Waals surface area contributed by atoms with Crippen molar-refractivity contribution in [3.63, 3.8) is 0 Å². The molecule has 134 valence electrons. The van der Waals surface area contributed by atoms with Gasteiger partial charge in [0.1, 0.15) is 5.82 Å². The zero-order chi connectivity index (χ0) is 18.9. The van der Waals surface area contributed by atoms with Gasteiger partial charge in [-0.05, 0) is 36.4 Å². The molecule has 0 unspecified atom stereocenters. The molecule has 0 N–H and O–H groups in total. The topological polar surface area (TPSA) is 38.9 Å². The molecule has 2 heterocycles. The van der Waals surface area contributed by atoms with Gasteiger partial charge in [0.2, 0.25) is 5.89 Å². The molecular formula is C24H15FN2O. The van der Waals surface area contributed by atoms with Crippen molar-refractivity contribution < 1.29 is 8.81 Å². The first-order chi connectivity index (χ1) is 13.8. The van der Waals surface area contributed by atoms with Crippen molar-refractivity contribution in [1.82, 2.24) is 9.97 Å². The number of pyridine rings is 1. The fourth-order valence-corrected chi connectivity index (χ4v) is 3.26. The zero-order valence-corrected chi connectivity index (χ0v) is 14.8. The maximum absolute atomic E-state index is 13.2. The first-order valence-corrected chi connectivity index (χ1v) is 8.95. The van der Waals surface area contributed by atoms with Gasteiger partial charge < -0.3 is 4.42 Å². The number of fused-ring (bicyclic) bond motifs is 1. The lowest BCUT2D eigenvalue weighted by Gasteiger charge is -2.07. The van der Waals surface area contributed by atoms with Gasteiger partial charge in [-0.15, -0.1) is 0 Å². The molecule has 3 aromatic carbocycles. The van der Waals surface area contributed by atoms with Crippen LogP contribution in [0.2, 0.25) is 0 Å². The fourth-order valence-electron chi connectivity index (χ4n) is 3.26. The average Bonchev–Trinajstić information content (AvgIpc) is 3.24. The monoisotopic (exact) mass is 366 g/mol. The molecule has 0 aliphatic carbocycles. The second kappa shape index (κ2) is 6.74. The summed E-state index contributed by atoms with van der Waals surface area (Å²) < 4.78 is 19.2. The number of nitrogens with zero attached hydrogens (tertiary/aromatic N) is 2. The van der Waals surface area contributed by atoms with Crippen molar-refractivity contribution in [2.45, 2.75) is 0 Å². The zero-order valence-electron chi connectivity index (χ0n) is 14.8. The van der Waals surface area contributed by atoms with E-state index in [1.54, 1.807) is 18.3 Å². The highest BCUT2D eigenvalue weighted by Gasteiger charge is 2.14. The summed E-state index contributed by atoms with van der Waals surface area (Å²) in [7, 11) is 0. The number of aromatic nitrogens is 2. The minimum Gasteiger partial charge on any atom is -0.436 e. The van der Waals surface area contributed by atoms with Crippen LogP contribution in [0, 0.1) is 5.82 Å². The van der Waals surface area contributed by atoms with E-state index < -0.39 is 0 Å². The van der Waals surface area contributed by atoms with E-state index >= 15 is 0 Å². The normalized spacial score (nSPS) is 11.0. The Morgan fingerprint density at radius 2 is 1.50 bits per heavy atom. The number of hydrogen-bond acceptors (Lipinski definition) is 3. The number of para-hydroxylation sites is 1. The van der Waals surface area contributed by atoms with E-state index in [-0.39, 0.29) is 5.82 Å². The first-order valence-electron chi connectivity index (χ1n) is 8.95. The summed E-state index contributed by atoms with van der Waals surface area (Å²) in [6.45, 7) is 0. The van der Waals surface area contributed by atoms with E-state index in [2.05, 4.69) is 4.98 Å². The molecule has 2 aromatic heterocycles. The van der Waals surface area contributed by atoms with Crippen LogP contribution in [-0.4, -0.2) is 9.97 Å². The van der Waals surface area contributed by atoms with E-state index in [1.165, 1.54) is 12.1 Å². The molecule has 0 fully saturated rings. The summed E-state index contributed by atoms with van der Waals surface area (Å²) in [6.07, 6.45) is 1.67. The molecule has 0 bridgehead atoms. The van der Waals surface area contributed by atoms with Crippen molar-refractivity contribution in [2.75, 3.05) is 0 Å². The Balaban J connectivity index is 1.67. The smallest absolute Gasteiger partial charge is 0.227 e. The Morgan fingerprint density at radius 3 is 2.32 bits per heavy atom. The van der Waals surface area contributed by atoms with Gasteiger partial charge in [-0.2, -0.15) is 0 Å². The van der Waals surface area contributed by atoms with E-state index in [9.17, 15) is 4.39 Å². The number of rotatable bonds is 3. The molecule has 0 saturated carbocycles. The van der Waals surface area contributed by atoms with Gasteiger partial charge >= 0.3 is 0 Å². The Morgan fingerprint density at radius 1 is 0.750 bits per heavy atom. The van der Waals surface area contributed by atoms with E-state index in [0.717, 1.165) is 33.3 Å². The van der Waals surface area contributed by atoms with Crippen LogP contribution in [0.15, 0.2) is 95.5 Å². The summed E-state index contributed by atoms with van der Waals surface area (Å²) in [4.78, 5) is 9.28. The highest BCUT2D eigenvalue weighted by molar-refractivity contribution is 5.94. The molecule has 0 aliphatic rings. The number of oxazole rings is 1. The van der Waals surface area contributed by atoms with Crippen molar-refractivity contribution in [2.24, 2.45) is 0 Å². The molecule has 0 aliphatic heterocycles. The predicted molar refractivity (Wildman–Crippen MR) is 108 cm³/mol. The van der Waals surface area contributed by atoms with Gasteiger partial charge in [0, 0.05) is 22.1 Å². The number of benzene rings is 3. The molecule has 0 spiro atoms. The van der Waals surface area contributed by atoms with Crippen molar-refractivity contribution >= 4 is 10.9 Å². The summed E-state index contributed by atoms with van der Waals surface area (Å²) in [6, 6.07) is 26.1. The second-order valence-corrected chi connectivity index (χ2v) is 6.47. The largest absolute Gasteiger partial charge is 0.436 e. The Labute approximate surface area is 161 Å².